The molecule has 0 heterocycles. The van der Waals surface area contributed by atoms with Crippen molar-refractivity contribution in [3.05, 3.63) is 0 Å². The van der Waals surface area contributed by atoms with Gasteiger partial charge in [0.25, 0.3) is 0 Å². The number of rotatable bonds is 5. The SMILES string of the molecule is CCC(C)OP(=O)(O)CC(C)C. The first kappa shape index (κ1) is 12.2. The van der Waals surface area contributed by atoms with Crippen molar-refractivity contribution in [2.24, 2.45) is 5.92 Å². The molecule has 4 heteroatoms. The maximum absolute atomic E-state index is 11.3. The molecule has 74 valence electrons. The van der Waals surface area contributed by atoms with E-state index in [0.717, 1.165) is 6.42 Å². The molecule has 0 radical (unpaired) electrons. The Morgan fingerprint density at radius 1 is 1.42 bits per heavy atom. The topological polar surface area (TPSA) is 46.5 Å². The molecule has 0 aromatic heterocycles. The molecule has 0 saturated heterocycles. The van der Waals surface area contributed by atoms with Crippen LogP contribution >= 0.6 is 7.60 Å². The molecule has 0 spiro atoms. The number of hydrogen-bond donors (Lipinski definition) is 1. The summed E-state index contributed by atoms with van der Waals surface area (Å²) in [5, 5.41) is 0. The van der Waals surface area contributed by atoms with Crippen LogP contribution in [0.3, 0.4) is 0 Å². The third kappa shape index (κ3) is 5.76. The van der Waals surface area contributed by atoms with Crippen LogP contribution < -0.4 is 0 Å². The Bertz CT molecular complexity index is 168. The minimum Gasteiger partial charge on any atom is -0.324 e. The predicted octanol–water partition coefficient (Wildman–Crippen LogP) is 2.64. The van der Waals surface area contributed by atoms with Crippen LogP contribution in [0.5, 0.6) is 0 Å². The second-order valence-electron chi connectivity index (χ2n) is 3.54. The standard InChI is InChI=1S/C8H19O3P/c1-5-8(4)11-12(9,10)6-7(2)3/h7-8H,5-6H2,1-4H3,(H,9,10). The smallest absolute Gasteiger partial charge is 0.324 e. The van der Waals surface area contributed by atoms with Gasteiger partial charge in [0.2, 0.25) is 0 Å². The van der Waals surface area contributed by atoms with E-state index >= 15 is 0 Å². The molecular formula is C8H19O3P. The van der Waals surface area contributed by atoms with E-state index in [1.54, 1.807) is 0 Å². The predicted molar refractivity (Wildman–Crippen MR) is 50.4 cm³/mol. The van der Waals surface area contributed by atoms with Crippen molar-refractivity contribution in [3.63, 3.8) is 0 Å². The van der Waals surface area contributed by atoms with Crippen molar-refractivity contribution in [3.8, 4) is 0 Å². The molecule has 12 heavy (non-hydrogen) atoms. The van der Waals surface area contributed by atoms with Gasteiger partial charge in [0.05, 0.1) is 12.3 Å². The molecule has 0 bridgehead atoms. The van der Waals surface area contributed by atoms with Gasteiger partial charge >= 0.3 is 7.60 Å². The Balaban J connectivity index is 3.95. The van der Waals surface area contributed by atoms with Gasteiger partial charge in [0, 0.05) is 0 Å². The first-order valence-electron chi connectivity index (χ1n) is 4.37. The first-order valence-corrected chi connectivity index (χ1v) is 6.14. The van der Waals surface area contributed by atoms with Gasteiger partial charge in [-0.15, -0.1) is 0 Å². The average molecular weight is 194 g/mol. The average Bonchev–Trinajstić information content (AvgIpc) is 1.83. The van der Waals surface area contributed by atoms with Crippen molar-refractivity contribution in [2.75, 3.05) is 6.16 Å². The zero-order valence-corrected chi connectivity index (χ0v) is 9.17. The van der Waals surface area contributed by atoms with Crippen molar-refractivity contribution < 1.29 is 14.0 Å². The second kappa shape index (κ2) is 5.00. The summed E-state index contributed by atoms with van der Waals surface area (Å²) in [6.07, 6.45) is 0.888. The lowest BCUT2D eigenvalue weighted by molar-refractivity contribution is 0.184. The van der Waals surface area contributed by atoms with Crippen LogP contribution in [0.1, 0.15) is 34.1 Å². The molecule has 0 aliphatic heterocycles. The molecule has 0 rings (SSSR count). The highest BCUT2D eigenvalue weighted by molar-refractivity contribution is 7.52. The summed E-state index contributed by atoms with van der Waals surface area (Å²) in [5.41, 5.74) is 0. The van der Waals surface area contributed by atoms with Crippen LogP contribution in [0, 0.1) is 5.92 Å². The van der Waals surface area contributed by atoms with Crippen LogP contribution in [0.4, 0.5) is 0 Å². The maximum Gasteiger partial charge on any atom is 0.328 e. The van der Waals surface area contributed by atoms with Crippen LogP contribution in [0.15, 0.2) is 0 Å². The third-order valence-corrected chi connectivity index (χ3v) is 3.40. The van der Waals surface area contributed by atoms with Gasteiger partial charge in [-0.2, -0.15) is 0 Å². The molecule has 2 unspecified atom stereocenters. The summed E-state index contributed by atoms with van der Waals surface area (Å²) >= 11 is 0. The van der Waals surface area contributed by atoms with Crippen LogP contribution in [-0.2, 0) is 9.09 Å². The van der Waals surface area contributed by atoms with Crippen LogP contribution in [-0.4, -0.2) is 17.2 Å². The van der Waals surface area contributed by atoms with Gasteiger partial charge in [-0.1, -0.05) is 20.8 Å². The van der Waals surface area contributed by atoms with E-state index in [1.165, 1.54) is 0 Å². The third-order valence-electron chi connectivity index (χ3n) is 1.52. The minimum atomic E-state index is -3.32. The summed E-state index contributed by atoms with van der Waals surface area (Å²) in [4.78, 5) is 9.32. The molecule has 3 nitrogen and oxygen atoms in total. The summed E-state index contributed by atoms with van der Waals surface area (Å²) < 4.78 is 16.3. The molecule has 0 aliphatic rings. The Morgan fingerprint density at radius 2 is 1.92 bits per heavy atom. The molecule has 0 amide bonds. The molecule has 1 N–H and O–H groups in total. The van der Waals surface area contributed by atoms with Gasteiger partial charge < -0.3 is 9.42 Å². The van der Waals surface area contributed by atoms with Gasteiger partial charge in [-0.3, -0.25) is 4.57 Å². The molecule has 0 aromatic rings. The summed E-state index contributed by atoms with van der Waals surface area (Å²) in [6.45, 7) is 7.55. The highest BCUT2D eigenvalue weighted by Gasteiger charge is 2.22. The van der Waals surface area contributed by atoms with Gasteiger partial charge in [0.1, 0.15) is 0 Å². The van der Waals surface area contributed by atoms with Crippen molar-refractivity contribution >= 4 is 7.60 Å². The lowest BCUT2D eigenvalue weighted by atomic mass is 10.3. The molecule has 2 atom stereocenters. The Hall–Kier alpha value is 0.150. The lowest BCUT2D eigenvalue weighted by Crippen LogP contribution is -2.08. The van der Waals surface area contributed by atoms with Gasteiger partial charge in [-0.25, -0.2) is 0 Å². The normalized spacial score (nSPS) is 19.2. The van der Waals surface area contributed by atoms with E-state index < -0.39 is 7.60 Å². The summed E-state index contributed by atoms with van der Waals surface area (Å²) in [7, 11) is -3.32. The molecule has 0 fully saturated rings. The van der Waals surface area contributed by atoms with E-state index in [2.05, 4.69) is 0 Å². The summed E-state index contributed by atoms with van der Waals surface area (Å²) in [6, 6.07) is 0. The minimum absolute atomic E-state index is 0.125. The molecular weight excluding hydrogens is 175 g/mol. The van der Waals surface area contributed by atoms with Gasteiger partial charge in [-0.05, 0) is 19.3 Å². The lowest BCUT2D eigenvalue weighted by Gasteiger charge is -2.17. The fourth-order valence-corrected chi connectivity index (χ4v) is 2.58. The fraction of sp³-hybridized carbons (Fsp3) is 1.00. The second-order valence-corrected chi connectivity index (χ2v) is 5.39. The zero-order valence-electron chi connectivity index (χ0n) is 8.28. The van der Waals surface area contributed by atoms with E-state index in [0.29, 0.717) is 0 Å². The van der Waals surface area contributed by atoms with E-state index in [4.69, 9.17) is 4.52 Å². The largest absolute Gasteiger partial charge is 0.328 e. The van der Waals surface area contributed by atoms with E-state index in [1.807, 2.05) is 27.7 Å². The quantitative estimate of drug-likeness (QED) is 0.684. The van der Waals surface area contributed by atoms with Crippen LogP contribution in [0.2, 0.25) is 0 Å². The molecule has 0 saturated carbocycles. The number of hydrogen-bond acceptors (Lipinski definition) is 2. The van der Waals surface area contributed by atoms with Crippen molar-refractivity contribution in [2.45, 2.75) is 40.2 Å². The van der Waals surface area contributed by atoms with Crippen LogP contribution in [0.25, 0.3) is 0 Å². The maximum atomic E-state index is 11.3. The molecule has 0 aromatic carbocycles. The van der Waals surface area contributed by atoms with E-state index in [9.17, 15) is 9.46 Å². The highest BCUT2D eigenvalue weighted by atomic mass is 31.2. The van der Waals surface area contributed by atoms with Crippen molar-refractivity contribution in [1.82, 2.24) is 0 Å². The Labute approximate surface area is 74.7 Å². The Morgan fingerprint density at radius 3 is 2.25 bits per heavy atom. The fourth-order valence-electron chi connectivity index (χ4n) is 0.860. The zero-order chi connectivity index (χ0) is 9.78. The monoisotopic (exact) mass is 194 g/mol. The van der Waals surface area contributed by atoms with Crippen molar-refractivity contribution in [1.29, 1.82) is 0 Å². The molecule has 0 aliphatic carbocycles. The first-order chi connectivity index (χ1) is 5.37. The van der Waals surface area contributed by atoms with E-state index in [-0.39, 0.29) is 18.2 Å². The Kier molecular flexibility index (Phi) is 5.07. The highest BCUT2D eigenvalue weighted by Crippen LogP contribution is 2.45. The van der Waals surface area contributed by atoms with Gasteiger partial charge in [0.15, 0.2) is 0 Å². The summed E-state index contributed by atoms with van der Waals surface area (Å²) in [5.74, 6) is 0.199.